The summed E-state index contributed by atoms with van der Waals surface area (Å²) >= 11 is 1.71. The molecule has 210 valence electrons. The Hall–Kier alpha value is -2.26. The molecule has 1 aromatic rings. The van der Waals surface area contributed by atoms with E-state index in [0.29, 0.717) is 31.5 Å². The smallest absolute Gasteiger partial charge is 0.322 e. The average molecular weight is 545 g/mol. The predicted molar refractivity (Wildman–Crippen MR) is 152 cm³/mol. The zero-order valence-electron chi connectivity index (χ0n) is 22.8. The Balaban J connectivity index is 0.00000353. The number of thioether (sulfide) groups is 1. The van der Waals surface area contributed by atoms with Gasteiger partial charge >= 0.3 is 6.03 Å². The van der Waals surface area contributed by atoms with E-state index < -0.39 is 0 Å². The highest BCUT2D eigenvalue weighted by Gasteiger charge is 2.45. The molecule has 9 heteroatoms. The molecule has 1 N–H and O–H groups in total. The molecule has 0 saturated carbocycles. The second-order valence-corrected chi connectivity index (χ2v) is 12.9. The minimum atomic E-state index is -0.296. The highest BCUT2D eigenvalue weighted by molar-refractivity contribution is 8.01. The lowest BCUT2D eigenvalue weighted by molar-refractivity contribution is -0.137. The Morgan fingerprint density at radius 3 is 2.58 bits per heavy atom. The van der Waals surface area contributed by atoms with Gasteiger partial charge in [-0.2, -0.15) is 0 Å². The quantitative estimate of drug-likeness (QED) is 0.549. The number of piperidine rings is 1. The monoisotopic (exact) mass is 544 g/mol. The van der Waals surface area contributed by atoms with Gasteiger partial charge in [-0.05, 0) is 62.0 Å². The summed E-state index contributed by atoms with van der Waals surface area (Å²) < 4.78 is 5.57. The molecule has 3 fully saturated rings. The Labute approximate surface area is 232 Å². The standard InChI is InChI=1S/C29H42N4O4S.H2/c1-20(2)7-15-33-27(35)25(38-28(33)22-11-17-37-18-12-22)19-26(34)31-13-9-23(10-14-31)32-16-8-21-5-3-4-6-24(21)30-29(32)36;/h3-6,20,22-23,25,28H,7-19H2,1-2H3,(H,30,36);1H. The Bertz CT molecular complexity index is 1010. The van der Waals surface area contributed by atoms with Crippen molar-refractivity contribution in [2.24, 2.45) is 11.8 Å². The number of carbonyl (C=O) groups excluding carboxylic acids is 3. The van der Waals surface area contributed by atoms with Gasteiger partial charge in [-0.15, -0.1) is 11.8 Å². The number of likely N-dealkylation sites (tertiary alicyclic amines) is 1. The number of fused-ring (bicyclic) bond motifs is 1. The molecule has 4 aliphatic rings. The first-order chi connectivity index (χ1) is 18.4. The van der Waals surface area contributed by atoms with Crippen molar-refractivity contribution in [2.75, 3.05) is 44.7 Å². The fourth-order valence-corrected chi connectivity index (χ4v) is 7.88. The van der Waals surface area contributed by atoms with Crippen LogP contribution in [0.1, 0.15) is 59.4 Å². The maximum atomic E-state index is 13.5. The van der Waals surface area contributed by atoms with Crippen LogP contribution in [0.15, 0.2) is 24.3 Å². The minimum Gasteiger partial charge on any atom is -0.381 e. The van der Waals surface area contributed by atoms with Gasteiger partial charge in [0, 0.05) is 59.0 Å². The molecule has 2 atom stereocenters. The topological polar surface area (TPSA) is 82.2 Å². The highest BCUT2D eigenvalue weighted by Crippen LogP contribution is 2.41. The number of urea groups is 1. The molecule has 4 amide bonds. The van der Waals surface area contributed by atoms with E-state index in [4.69, 9.17) is 4.74 Å². The van der Waals surface area contributed by atoms with Crippen molar-refractivity contribution in [3.05, 3.63) is 29.8 Å². The number of rotatable bonds is 7. The summed E-state index contributed by atoms with van der Waals surface area (Å²) in [7, 11) is 0. The van der Waals surface area contributed by atoms with E-state index in [1.807, 2.05) is 28.0 Å². The van der Waals surface area contributed by atoms with Crippen molar-refractivity contribution < 1.29 is 20.5 Å². The lowest BCUT2D eigenvalue weighted by Crippen LogP contribution is -2.50. The van der Waals surface area contributed by atoms with E-state index in [-0.39, 0.29) is 42.4 Å². The van der Waals surface area contributed by atoms with Gasteiger partial charge in [0.25, 0.3) is 0 Å². The van der Waals surface area contributed by atoms with Crippen molar-refractivity contribution in [3.63, 3.8) is 0 Å². The van der Waals surface area contributed by atoms with Crippen LogP contribution in [0.3, 0.4) is 0 Å². The number of hydrogen-bond donors (Lipinski definition) is 1. The number of hydrogen-bond acceptors (Lipinski definition) is 5. The first-order valence-electron chi connectivity index (χ1n) is 14.4. The summed E-state index contributed by atoms with van der Waals surface area (Å²) in [6.45, 7) is 8.61. The third kappa shape index (κ3) is 6.14. The molecule has 8 nitrogen and oxygen atoms in total. The van der Waals surface area contributed by atoms with E-state index in [1.165, 1.54) is 0 Å². The largest absolute Gasteiger partial charge is 0.381 e. The van der Waals surface area contributed by atoms with E-state index in [2.05, 4.69) is 30.1 Å². The highest BCUT2D eigenvalue weighted by atomic mass is 32.2. The van der Waals surface area contributed by atoms with E-state index in [9.17, 15) is 14.4 Å². The van der Waals surface area contributed by atoms with Crippen LogP contribution >= 0.6 is 11.8 Å². The van der Waals surface area contributed by atoms with Crippen molar-refractivity contribution in [3.8, 4) is 0 Å². The third-order valence-electron chi connectivity index (χ3n) is 8.55. The summed E-state index contributed by atoms with van der Waals surface area (Å²) in [6.07, 6.45) is 5.58. The number of carbonyl (C=O) groups is 3. The van der Waals surface area contributed by atoms with Gasteiger partial charge in [0.2, 0.25) is 11.8 Å². The predicted octanol–water partition coefficient (Wildman–Crippen LogP) is 4.45. The zero-order valence-corrected chi connectivity index (χ0v) is 23.6. The maximum Gasteiger partial charge on any atom is 0.322 e. The third-order valence-corrected chi connectivity index (χ3v) is 10.2. The molecule has 3 saturated heterocycles. The van der Waals surface area contributed by atoms with Crippen LogP contribution in [0, 0.1) is 11.8 Å². The molecule has 4 aliphatic heterocycles. The molecule has 0 radical (unpaired) electrons. The van der Waals surface area contributed by atoms with Crippen LogP contribution in [0.25, 0.3) is 0 Å². The molecule has 38 heavy (non-hydrogen) atoms. The lowest BCUT2D eigenvalue weighted by atomic mass is 9.98. The summed E-state index contributed by atoms with van der Waals surface area (Å²) in [5.41, 5.74) is 2.06. The number of anilines is 1. The van der Waals surface area contributed by atoms with Gasteiger partial charge in [0.15, 0.2) is 0 Å². The molecule has 5 rings (SSSR count). The van der Waals surface area contributed by atoms with Crippen molar-refractivity contribution >= 4 is 35.3 Å². The fraction of sp³-hybridized carbons (Fsp3) is 0.690. The number of para-hydroxylation sites is 1. The number of amides is 4. The van der Waals surface area contributed by atoms with Crippen LogP contribution in [-0.2, 0) is 20.7 Å². The summed E-state index contributed by atoms with van der Waals surface area (Å²) in [4.78, 5) is 45.7. The molecular weight excluding hydrogens is 500 g/mol. The van der Waals surface area contributed by atoms with Crippen LogP contribution in [-0.4, -0.2) is 88.6 Å². The van der Waals surface area contributed by atoms with E-state index >= 15 is 0 Å². The Kier molecular flexibility index (Phi) is 8.83. The van der Waals surface area contributed by atoms with Gasteiger partial charge < -0.3 is 24.8 Å². The molecule has 1 aromatic carbocycles. The second kappa shape index (κ2) is 12.3. The van der Waals surface area contributed by atoms with Gasteiger partial charge in [-0.1, -0.05) is 32.0 Å². The molecule has 0 spiro atoms. The van der Waals surface area contributed by atoms with Crippen molar-refractivity contribution in [2.45, 2.75) is 75.5 Å². The van der Waals surface area contributed by atoms with Gasteiger partial charge in [-0.3, -0.25) is 9.59 Å². The molecule has 0 aromatic heterocycles. The molecule has 0 bridgehead atoms. The normalized spacial score (nSPS) is 25.5. The van der Waals surface area contributed by atoms with Crippen LogP contribution in [0.2, 0.25) is 0 Å². The van der Waals surface area contributed by atoms with Crippen LogP contribution in [0.4, 0.5) is 10.5 Å². The Morgan fingerprint density at radius 1 is 1.11 bits per heavy atom. The zero-order chi connectivity index (χ0) is 26.6. The molecular formula is C29H44N4O4S. The fourth-order valence-electron chi connectivity index (χ4n) is 6.20. The molecule has 2 unspecified atom stereocenters. The SMILES string of the molecule is CC(C)CCN1C(=O)C(CC(=O)N2CCC(N3CCc4ccccc4NC3=O)CC2)SC1C1CCOCC1.[HH]. The minimum absolute atomic E-state index is 0. The van der Waals surface area contributed by atoms with Crippen molar-refractivity contribution in [1.82, 2.24) is 14.7 Å². The van der Waals surface area contributed by atoms with E-state index in [1.54, 1.807) is 11.8 Å². The summed E-state index contributed by atoms with van der Waals surface area (Å²) in [6, 6.07) is 8.05. The summed E-state index contributed by atoms with van der Waals surface area (Å²) in [5.74, 6) is 1.17. The number of nitrogens with zero attached hydrogens (tertiary/aromatic N) is 3. The number of nitrogens with one attached hydrogen (secondary N) is 1. The van der Waals surface area contributed by atoms with Gasteiger partial charge in [-0.25, -0.2) is 4.79 Å². The van der Waals surface area contributed by atoms with Crippen LogP contribution < -0.4 is 5.32 Å². The van der Waals surface area contributed by atoms with Gasteiger partial charge in [0.05, 0.1) is 10.6 Å². The summed E-state index contributed by atoms with van der Waals surface area (Å²) in [5, 5.41) is 2.92. The maximum absolute atomic E-state index is 13.5. The number of ether oxygens (including phenoxy) is 1. The molecule has 4 heterocycles. The molecule has 0 aliphatic carbocycles. The number of benzene rings is 1. The lowest BCUT2D eigenvalue weighted by Gasteiger charge is -2.38. The average Bonchev–Trinajstić information content (AvgIpc) is 3.12. The Morgan fingerprint density at radius 2 is 1.84 bits per heavy atom. The van der Waals surface area contributed by atoms with E-state index in [0.717, 1.165) is 69.5 Å². The second-order valence-electron chi connectivity index (χ2n) is 11.5. The van der Waals surface area contributed by atoms with Gasteiger partial charge in [0.1, 0.15) is 0 Å². The first kappa shape index (κ1) is 27.3. The van der Waals surface area contributed by atoms with Crippen molar-refractivity contribution in [1.29, 1.82) is 0 Å². The van der Waals surface area contributed by atoms with Crippen LogP contribution in [0.5, 0.6) is 0 Å². The first-order valence-corrected chi connectivity index (χ1v) is 15.3.